The van der Waals surface area contributed by atoms with E-state index in [4.69, 9.17) is 16.3 Å². The zero-order chi connectivity index (χ0) is 17.9. The summed E-state index contributed by atoms with van der Waals surface area (Å²) in [5.74, 6) is 0.529. The molecule has 0 atom stereocenters. The van der Waals surface area contributed by atoms with E-state index in [1.54, 1.807) is 24.8 Å². The standard InChI is InChI=1S/C16H23ClN2O4S/c1-4-16(20)18-6-8-19(9-7-18)24(21,22)15-11-13(17)14(23-5-2)10-12(15)3/h10-11H,4-9H2,1-3H3. The Morgan fingerprint density at radius 3 is 2.38 bits per heavy atom. The van der Waals surface area contributed by atoms with Gasteiger partial charge in [0.05, 0.1) is 16.5 Å². The predicted octanol–water partition coefficient (Wildman–Crippen LogP) is 2.29. The molecule has 6 nitrogen and oxygen atoms in total. The van der Waals surface area contributed by atoms with Crippen molar-refractivity contribution in [3.05, 3.63) is 22.7 Å². The van der Waals surface area contributed by atoms with Crippen molar-refractivity contribution in [2.24, 2.45) is 0 Å². The van der Waals surface area contributed by atoms with Crippen molar-refractivity contribution in [3.8, 4) is 5.75 Å². The van der Waals surface area contributed by atoms with Crippen molar-refractivity contribution >= 4 is 27.5 Å². The highest BCUT2D eigenvalue weighted by molar-refractivity contribution is 7.89. The van der Waals surface area contributed by atoms with Gasteiger partial charge in [-0.2, -0.15) is 4.31 Å². The second-order valence-corrected chi connectivity index (χ2v) is 7.93. The third-order valence-electron chi connectivity index (χ3n) is 4.04. The van der Waals surface area contributed by atoms with Crippen molar-refractivity contribution in [2.45, 2.75) is 32.1 Å². The minimum Gasteiger partial charge on any atom is -0.492 e. The van der Waals surface area contributed by atoms with E-state index in [0.717, 1.165) is 0 Å². The number of amides is 1. The summed E-state index contributed by atoms with van der Waals surface area (Å²) in [5.41, 5.74) is 0.593. The Hall–Kier alpha value is -1.31. The molecule has 1 aliphatic heterocycles. The zero-order valence-corrected chi connectivity index (χ0v) is 15.8. The van der Waals surface area contributed by atoms with E-state index in [1.807, 2.05) is 6.92 Å². The molecule has 0 spiro atoms. The van der Waals surface area contributed by atoms with Crippen LogP contribution in [0.2, 0.25) is 5.02 Å². The lowest BCUT2D eigenvalue weighted by molar-refractivity contribution is -0.132. The molecule has 0 saturated carbocycles. The Bertz CT molecular complexity index is 713. The van der Waals surface area contributed by atoms with Crippen molar-refractivity contribution in [1.29, 1.82) is 0 Å². The van der Waals surface area contributed by atoms with Crippen LogP contribution in [0.4, 0.5) is 0 Å². The molecule has 2 rings (SSSR count). The van der Waals surface area contributed by atoms with Crippen molar-refractivity contribution in [2.75, 3.05) is 32.8 Å². The summed E-state index contributed by atoms with van der Waals surface area (Å²) in [7, 11) is -3.65. The molecule has 0 unspecified atom stereocenters. The number of sulfonamides is 1. The van der Waals surface area contributed by atoms with Gasteiger partial charge < -0.3 is 9.64 Å². The van der Waals surface area contributed by atoms with Crippen LogP contribution in [0, 0.1) is 6.92 Å². The molecule has 24 heavy (non-hydrogen) atoms. The summed E-state index contributed by atoms with van der Waals surface area (Å²) < 4.78 is 32.6. The fourth-order valence-electron chi connectivity index (χ4n) is 2.72. The molecule has 0 N–H and O–H groups in total. The first-order chi connectivity index (χ1) is 11.3. The van der Waals surface area contributed by atoms with Gasteiger partial charge in [-0.3, -0.25) is 4.79 Å². The fraction of sp³-hybridized carbons (Fsp3) is 0.562. The Morgan fingerprint density at radius 1 is 1.21 bits per heavy atom. The molecule has 1 amide bonds. The smallest absolute Gasteiger partial charge is 0.243 e. The van der Waals surface area contributed by atoms with E-state index in [0.29, 0.717) is 50.5 Å². The Balaban J connectivity index is 2.22. The van der Waals surface area contributed by atoms with Crippen LogP contribution in [-0.4, -0.2) is 56.3 Å². The summed E-state index contributed by atoms with van der Waals surface area (Å²) in [6.07, 6.45) is 0.431. The van der Waals surface area contributed by atoms with E-state index in [2.05, 4.69) is 0 Å². The molecule has 1 aromatic carbocycles. The number of hydrogen-bond acceptors (Lipinski definition) is 4. The number of piperazine rings is 1. The number of carbonyl (C=O) groups excluding carboxylic acids is 1. The van der Waals surface area contributed by atoms with E-state index in [9.17, 15) is 13.2 Å². The number of halogens is 1. The van der Waals surface area contributed by atoms with E-state index < -0.39 is 10.0 Å². The fourth-order valence-corrected chi connectivity index (χ4v) is 4.66. The molecule has 0 aliphatic carbocycles. The minimum absolute atomic E-state index is 0.0485. The van der Waals surface area contributed by atoms with Crippen LogP contribution in [0.25, 0.3) is 0 Å². The lowest BCUT2D eigenvalue weighted by Crippen LogP contribution is -2.50. The summed E-state index contributed by atoms with van der Waals surface area (Å²) in [6, 6.07) is 3.09. The van der Waals surface area contributed by atoms with Gasteiger partial charge in [-0.05, 0) is 31.5 Å². The predicted molar refractivity (Wildman–Crippen MR) is 93.0 cm³/mol. The average Bonchev–Trinajstić information content (AvgIpc) is 2.57. The van der Waals surface area contributed by atoms with Gasteiger partial charge in [0, 0.05) is 32.6 Å². The monoisotopic (exact) mass is 374 g/mol. The van der Waals surface area contributed by atoms with Gasteiger partial charge in [-0.15, -0.1) is 0 Å². The number of nitrogens with zero attached hydrogens (tertiary/aromatic N) is 2. The first kappa shape index (κ1) is 19.0. The maximum Gasteiger partial charge on any atom is 0.243 e. The zero-order valence-electron chi connectivity index (χ0n) is 14.2. The van der Waals surface area contributed by atoms with Gasteiger partial charge in [0.1, 0.15) is 5.75 Å². The number of carbonyl (C=O) groups is 1. The van der Waals surface area contributed by atoms with Gasteiger partial charge in [-0.1, -0.05) is 18.5 Å². The second kappa shape index (κ2) is 7.72. The maximum absolute atomic E-state index is 12.9. The molecule has 0 bridgehead atoms. The molecule has 0 radical (unpaired) electrons. The van der Waals surface area contributed by atoms with Crippen LogP contribution in [0.1, 0.15) is 25.8 Å². The molecular formula is C16H23ClN2O4S. The molecular weight excluding hydrogens is 352 g/mol. The van der Waals surface area contributed by atoms with E-state index in [-0.39, 0.29) is 15.8 Å². The van der Waals surface area contributed by atoms with E-state index in [1.165, 1.54) is 10.4 Å². The lowest BCUT2D eigenvalue weighted by atomic mass is 10.2. The minimum atomic E-state index is -3.65. The van der Waals surface area contributed by atoms with Crippen LogP contribution in [0.5, 0.6) is 5.75 Å². The molecule has 1 saturated heterocycles. The van der Waals surface area contributed by atoms with Crippen LogP contribution in [0.3, 0.4) is 0 Å². The highest BCUT2D eigenvalue weighted by Crippen LogP contribution is 2.32. The normalized spacial score (nSPS) is 16.2. The van der Waals surface area contributed by atoms with E-state index >= 15 is 0 Å². The highest BCUT2D eigenvalue weighted by Gasteiger charge is 2.31. The molecule has 1 heterocycles. The van der Waals surface area contributed by atoms with Crippen molar-refractivity contribution in [3.63, 3.8) is 0 Å². The second-order valence-electron chi connectivity index (χ2n) is 5.62. The quantitative estimate of drug-likeness (QED) is 0.793. The van der Waals surface area contributed by atoms with Crippen molar-refractivity contribution < 1.29 is 17.9 Å². The van der Waals surface area contributed by atoms with Gasteiger partial charge in [0.2, 0.25) is 15.9 Å². The molecule has 0 aromatic heterocycles. The van der Waals surface area contributed by atoms with Gasteiger partial charge in [-0.25, -0.2) is 8.42 Å². The van der Waals surface area contributed by atoms with Crippen LogP contribution in [0.15, 0.2) is 17.0 Å². The Kier molecular flexibility index (Phi) is 6.11. The number of aryl methyl sites for hydroxylation is 1. The first-order valence-corrected chi connectivity index (χ1v) is 9.83. The van der Waals surface area contributed by atoms with Crippen LogP contribution >= 0.6 is 11.6 Å². The average molecular weight is 375 g/mol. The van der Waals surface area contributed by atoms with Gasteiger partial charge in [0.15, 0.2) is 0 Å². The third kappa shape index (κ3) is 3.84. The number of ether oxygens (including phenoxy) is 1. The topological polar surface area (TPSA) is 66.9 Å². The molecule has 1 aliphatic rings. The van der Waals surface area contributed by atoms with Gasteiger partial charge in [0.25, 0.3) is 0 Å². The summed E-state index contributed by atoms with van der Waals surface area (Å²) in [5, 5.41) is 0.279. The van der Waals surface area contributed by atoms with Crippen LogP contribution < -0.4 is 4.74 Å². The lowest BCUT2D eigenvalue weighted by Gasteiger charge is -2.34. The number of hydrogen-bond donors (Lipinski definition) is 0. The summed E-state index contributed by atoms with van der Waals surface area (Å²) in [6.45, 7) is 7.23. The SMILES string of the molecule is CCOc1cc(C)c(S(=O)(=O)N2CCN(C(=O)CC)CC2)cc1Cl. The molecule has 8 heteroatoms. The van der Waals surface area contributed by atoms with Crippen LogP contribution in [-0.2, 0) is 14.8 Å². The maximum atomic E-state index is 12.9. The van der Waals surface area contributed by atoms with Crippen molar-refractivity contribution in [1.82, 2.24) is 9.21 Å². The first-order valence-electron chi connectivity index (χ1n) is 8.02. The highest BCUT2D eigenvalue weighted by atomic mass is 35.5. The number of benzene rings is 1. The Labute approximate surface area is 148 Å². The Morgan fingerprint density at radius 2 is 1.83 bits per heavy atom. The third-order valence-corrected chi connectivity index (χ3v) is 6.38. The molecule has 1 fully saturated rings. The van der Waals surface area contributed by atoms with Gasteiger partial charge >= 0.3 is 0 Å². The largest absolute Gasteiger partial charge is 0.492 e. The number of rotatable bonds is 5. The summed E-state index contributed by atoms with van der Waals surface area (Å²) >= 11 is 6.15. The molecule has 1 aromatic rings. The summed E-state index contributed by atoms with van der Waals surface area (Å²) in [4.78, 5) is 13.6. The molecule has 134 valence electrons.